The van der Waals surface area contributed by atoms with Crippen LogP contribution >= 0.6 is 23.2 Å². The van der Waals surface area contributed by atoms with Gasteiger partial charge >= 0.3 is 12.1 Å². The highest BCUT2D eigenvalue weighted by atomic mass is 35.5. The second kappa shape index (κ2) is 9.20. The van der Waals surface area contributed by atoms with Gasteiger partial charge in [-0.1, -0.05) is 48.3 Å². The third-order valence-corrected chi connectivity index (χ3v) is 5.78. The van der Waals surface area contributed by atoms with Gasteiger partial charge < -0.3 is 15.2 Å². The average Bonchev–Trinajstić information content (AvgIpc) is 3.00. The summed E-state index contributed by atoms with van der Waals surface area (Å²) >= 11 is 12.7. The fourth-order valence-electron chi connectivity index (χ4n) is 4.01. The van der Waals surface area contributed by atoms with Gasteiger partial charge in [-0.15, -0.1) is 0 Å². The van der Waals surface area contributed by atoms with E-state index in [2.05, 4.69) is 10.6 Å². The quantitative estimate of drug-likeness (QED) is 0.431. The molecule has 1 aliphatic heterocycles. The van der Waals surface area contributed by atoms with Crippen LogP contribution in [0, 0.1) is 0 Å². The number of nitrogens with one attached hydrogen (secondary N) is 2. The van der Waals surface area contributed by atoms with E-state index in [-0.39, 0.29) is 12.0 Å². The van der Waals surface area contributed by atoms with Crippen molar-refractivity contribution in [3.63, 3.8) is 0 Å². The number of carboxylic acid groups (broad SMARTS) is 1. The minimum Gasteiger partial charge on any atom is -0.478 e. The number of hydrogen-bond acceptors (Lipinski definition) is 4. The van der Waals surface area contributed by atoms with Crippen LogP contribution in [-0.2, 0) is 15.1 Å². The largest absolute Gasteiger partial charge is 0.478 e. The average molecular weight is 463 g/mol. The van der Waals surface area contributed by atoms with Crippen molar-refractivity contribution in [1.82, 2.24) is 0 Å². The molecule has 31 heavy (non-hydrogen) atoms. The van der Waals surface area contributed by atoms with Crippen LogP contribution in [-0.4, -0.2) is 23.3 Å². The third kappa shape index (κ3) is 4.81. The number of carbonyl (C=O) groups excluding carboxylic acids is 1. The number of halogens is 2. The van der Waals surface area contributed by atoms with E-state index in [9.17, 15) is 14.7 Å². The molecule has 3 rings (SSSR count). The van der Waals surface area contributed by atoms with Crippen molar-refractivity contribution in [1.29, 1.82) is 0 Å². The Hall–Kier alpha value is -2.70. The third-order valence-electron chi connectivity index (χ3n) is 5.25. The highest BCUT2D eigenvalue weighted by Crippen LogP contribution is 2.54. The number of benzene rings is 2. The lowest BCUT2D eigenvalue weighted by Crippen LogP contribution is -2.35. The Bertz CT molecular complexity index is 1040. The zero-order chi connectivity index (χ0) is 22.8. The molecule has 2 aromatic carbocycles. The summed E-state index contributed by atoms with van der Waals surface area (Å²) in [5.74, 6) is -1.42. The topological polar surface area (TPSA) is 87.7 Å². The molecule has 2 aromatic rings. The number of hydrogen-bond donors (Lipinski definition) is 3. The number of carbonyl (C=O) groups is 2. The van der Waals surface area contributed by atoms with E-state index in [0.717, 1.165) is 22.9 Å². The maximum Gasteiger partial charge on any atom is 0.411 e. The molecule has 8 heteroatoms. The second-order valence-corrected chi connectivity index (χ2v) is 8.48. The molecule has 0 fully saturated rings. The number of amides is 1. The van der Waals surface area contributed by atoms with Gasteiger partial charge in [0.15, 0.2) is 0 Å². The van der Waals surface area contributed by atoms with E-state index in [1.165, 1.54) is 0 Å². The van der Waals surface area contributed by atoms with E-state index < -0.39 is 17.6 Å². The van der Waals surface area contributed by atoms with Gasteiger partial charge in [0, 0.05) is 39.0 Å². The predicted molar refractivity (Wildman–Crippen MR) is 123 cm³/mol. The molecule has 1 aliphatic rings. The van der Waals surface area contributed by atoms with Crippen LogP contribution in [0.3, 0.4) is 0 Å². The zero-order valence-corrected chi connectivity index (χ0v) is 18.9. The van der Waals surface area contributed by atoms with Gasteiger partial charge in [0.05, 0.1) is 11.6 Å². The number of carboxylic acids is 1. The lowest BCUT2D eigenvalue weighted by Gasteiger charge is -2.35. The number of rotatable bonds is 6. The lowest BCUT2D eigenvalue weighted by molar-refractivity contribution is -0.131. The van der Waals surface area contributed by atoms with Gasteiger partial charge in [-0.3, -0.25) is 5.32 Å². The number of ether oxygens (including phenoxy) is 1. The standard InChI is InChI=1S/C23H24Cl2N2O4/c1-4-23(14-6-5-7-16(10-14)26-22(30)31-13(2)3)17(8-9-20(28)29)21-18(25)11-15(24)12-19(21)27-23/h5-13,17,27H,4H2,1-3H3,(H,26,30)(H,28,29). The highest BCUT2D eigenvalue weighted by Gasteiger charge is 2.46. The fourth-order valence-corrected chi connectivity index (χ4v) is 4.62. The van der Waals surface area contributed by atoms with Crippen molar-refractivity contribution in [3.8, 4) is 0 Å². The molecule has 0 saturated heterocycles. The molecule has 2 unspecified atom stereocenters. The zero-order valence-electron chi connectivity index (χ0n) is 17.4. The van der Waals surface area contributed by atoms with E-state index in [1.807, 2.05) is 25.1 Å². The molecule has 1 amide bonds. The Balaban J connectivity index is 2.08. The van der Waals surface area contributed by atoms with Gasteiger partial charge in [-0.05, 0) is 50.1 Å². The SMILES string of the molecule is CCC1(c2cccc(NC(=O)OC(C)C)c2)Nc2cc(Cl)cc(Cl)c2C1C=CC(=O)O. The summed E-state index contributed by atoms with van der Waals surface area (Å²) in [6.07, 6.45) is 2.59. The van der Waals surface area contributed by atoms with Crippen molar-refractivity contribution < 1.29 is 19.4 Å². The van der Waals surface area contributed by atoms with Crippen molar-refractivity contribution in [2.75, 3.05) is 10.6 Å². The van der Waals surface area contributed by atoms with E-state index in [1.54, 1.807) is 38.1 Å². The number of aliphatic carboxylic acids is 1. The summed E-state index contributed by atoms with van der Waals surface area (Å²) in [4.78, 5) is 23.3. The Morgan fingerprint density at radius 2 is 2.03 bits per heavy atom. The number of anilines is 2. The molecule has 0 aliphatic carbocycles. The molecule has 0 radical (unpaired) electrons. The van der Waals surface area contributed by atoms with Gasteiger partial charge in [0.1, 0.15) is 0 Å². The number of fused-ring (bicyclic) bond motifs is 1. The summed E-state index contributed by atoms with van der Waals surface area (Å²) in [7, 11) is 0. The normalized spacial score (nSPS) is 19.9. The molecule has 2 atom stereocenters. The van der Waals surface area contributed by atoms with Crippen LogP contribution in [0.25, 0.3) is 0 Å². The summed E-state index contributed by atoms with van der Waals surface area (Å²) in [6.45, 7) is 5.55. The van der Waals surface area contributed by atoms with Crippen molar-refractivity contribution in [3.05, 3.63) is 69.7 Å². The molecular weight excluding hydrogens is 439 g/mol. The smallest absolute Gasteiger partial charge is 0.411 e. The van der Waals surface area contributed by atoms with Crippen molar-refractivity contribution in [2.24, 2.45) is 0 Å². The van der Waals surface area contributed by atoms with Gasteiger partial charge in [0.2, 0.25) is 0 Å². The fraction of sp³-hybridized carbons (Fsp3) is 0.304. The first-order valence-electron chi connectivity index (χ1n) is 9.92. The van der Waals surface area contributed by atoms with Gasteiger partial charge in [-0.2, -0.15) is 0 Å². The van der Waals surface area contributed by atoms with E-state index >= 15 is 0 Å². The maximum atomic E-state index is 12.0. The first-order valence-corrected chi connectivity index (χ1v) is 10.7. The minimum absolute atomic E-state index is 0.242. The molecule has 164 valence electrons. The molecule has 6 nitrogen and oxygen atoms in total. The minimum atomic E-state index is -1.05. The summed E-state index contributed by atoms with van der Waals surface area (Å²) in [5.41, 5.74) is 2.27. The van der Waals surface area contributed by atoms with Gasteiger partial charge in [-0.25, -0.2) is 9.59 Å². The Labute approximate surface area is 191 Å². The lowest BCUT2D eigenvalue weighted by atomic mass is 9.75. The Kier molecular flexibility index (Phi) is 6.82. The second-order valence-electron chi connectivity index (χ2n) is 7.63. The van der Waals surface area contributed by atoms with Crippen molar-refractivity contribution in [2.45, 2.75) is 44.8 Å². The molecule has 1 heterocycles. The van der Waals surface area contributed by atoms with Crippen molar-refractivity contribution >= 4 is 46.6 Å². The highest BCUT2D eigenvalue weighted by molar-refractivity contribution is 6.35. The summed E-state index contributed by atoms with van der Waals surface area (Å²) in [6, 6.07) is 10.8. The first-order chi connectivity index (χ1) is 14.7. The Morgan fingerprint density at radius 1 is 1.29 bits per heavy atom. The molecule has 3 N–H and O–H groups in total. The van der Waals surface area contributed by atoms with Crippen LogP contribution in [0.15, 0.2) is 48.6 Å². The van der Waals surface area contributed by atoms with Crippen LogP contribution in [0.1, 0.15) is 44.2 Å². The summed E-state index contributed by atoms with van der Waals surface area (Å²) < 4.78 is 5.16. The monoisotopic (exact) mass is 462 g/mol. The molecule has 0 saturated carbocycles. The summed E-state index contributed by atoms with van der Waals surface area (Å²) in [5, 5.41) is 16.4. The van der Waals surface area contributed by atoms with Crippen LogP contribution in [0.5, 0.6) is 0 Å². The Morgan fingerprint density at radius 3 is 2.68 bits per heavy atom. The predicted octanol–water partition coefficient (Wildman–Crippen LogP) is 6.41. The molecule has 0 aromatic heterocycles. The van der Waals surface area contributed by atoms with Crippen LogP contribution in [0.2, 0.25) is 10.0 Å². The van der Waals surface area contributed by atoms with Gasteiger partial charge in [0.25, 0.3) is 0 Å². The van der Waals surface area contributed by atoms with Crippen LogP contribution in [0.4, 0.5) is 16.2 Å². The first kappa shape index (κ1) is 23.0. The van der Waals surface area contributed by atoms with E-state index in [4.69, 9.17) is 27.9 Å². The van der Waals surface area contributed by atoms with Crippen LogP contribution < -0.4 is 10.6 Å². The maximum absolute atomic E-state index is 12.0. The molecule has 0 bridgehead atoms. The molecule has 0 spiro atoms. The molecular formula is C23H24Cl2N2O4. The van der Waals surface area contributed by atoms with E-state index in [0.29, 0.717) is 22.2 Å².